The molecule has 1 atom stereocenters. The van der Waals surface area contributed by atoms with Crippen LogP contribution in [0.5, 0.6) is 5.75 Å². The van der Waals surface area contributed by atoms with Gasteiger partial charge in [-0.2, -0.15) is 0 Å². The van der Waals surface area contributed by atoms with Crippen molar-refractivity contribution in [2.24, 2.45) is 5.92 Å². The van der Waals surface area contributed by atoms with Crippen molar-refractivity contribution in [3.05, 3.63) is 36.0 Å². The molecule has 1 saturated carbocycles. The van der Waals surface area contributed by atoms with Gasteiger partial charge in [-0.15, -0.1) is 0 Å². The molecule has 32 heavy (non-hydrogen) atoms. The van der Waals surface area contributed by atoms with Gasteiger partial charge in [0, 0.05) is 12.6 Å². The molecule has 8 nitrogen and oxygen atoms in total. The zero-order chi connectivity index (χ0) is 23.1. The Morgan fingerprint density at radius 2 is 1.94 bits per heavy atom. The molecule has 174 valence electrons. The fraction of sp³-hybridized carbons (Fsp3) is 0.500. The van der Waals surface area contributed by atoms with Gasteiger partial charge in [0.15, 0.2) is 5.13 Å². The quantitative estimate of drug-likeness (QED) is 0.563. The van der Waals surface area contributed by atoms with Crippen LogP contribution in [-0.2, 0) is 22.0 Å². The second kappa shape index (κ2) is 11.4. The Morgan fingerprint density at radius 1 is 1.25 bits per heavy atom. The molecule has 1 fully saturated rings. The summed E-state index contributed by atoms with van der Waals surface area (Å²) in [6, 6.07) is 7.76. The number of aliphatic carboxylic acids is 1. The van der Waals surface area contributed by atoms with Crippen LogP contribution < -0.4 is 10.1 Å². The molecule has 0 bridgehead atoms. The minimum absolute atomic E-state index is 0.157. The number of hydrogen-bond donors (Lipinski definition) is 2. The lowest BCUT2D eigenvalue weighted by Gasteiger charge is -2.36. The van der Waals surface area contributed by atoms with E-state index in [-0.39, 0.29) is 12.1 Å². The van der Waals surface area contributed by atoms with Gasteiger partial charge < -0.3 is 14.7 Å². The minimum atomic E-state index is -1.68. The Kier molecular flexibility index (Phi) is 8.63. The fourth-order valence-electron chi connectivity index (χ4n) is 3.81. The lowest BCUT2D eigenvalue weighted by molar-refractivity contribution is -0.133. The summed E-state index contributed by atoms with van der Waals surface area (Å²) in [5, 5.41) is 12.0. The van der Waals surface area contributed by atoms with Gasteiger partial charge in [0.1, 0.15) is 15.7 Å². The fourth-order valence-corrected chi connectivity index (χ4v) is 5.68. The minimum Gasteiger partial charge on any atom is -0.497 e. The molecule has 0 aliphatic heterocycles. The summed E-state index contributed by atoms with van der Waals surface area (Å²) >= 11 is 1.05. The van der Waals surface area contributed by atoms with Crippen molar-refractivity contribution in [1.29, 1.82) is 0 Å². The number of urea groups is 1. The number of hydrogen-bond acceptors (Lipinski definition) is 6. The third-order valence-corrected chi connectivity index (χ3v) is 8.24. The number of carbonyl (C=O) groups is 2. The molecule has 1 aliphatic carbocycles. The summed E-state index contributed by atoms with van der Waals surface area (Å²) in [5.74, 6) is -0.157. The summed E-state index contributed by atoms with van der Waals surface area (Å²) in [4.78, 5) is 30.0. The van der Waals surface area contributed by atoms with Gasteiger partial charge in [0.2, 0.25) is 0 Å². The van der Waals surface area contributed by atoms with Gasteiger partial charge in [-0.1, -0.05) is 30.4 Å². The number of carboxylic acid groups (broad SMARTS) is 1. The lowest BCUT2D eigenvalue weighted by Crippen LogP contribution is -2.45. The van der Waals surface area contributed by atoms with E-state index in [1.54, 1.807) is 7.11 Å². The van der Waals surface area contributed by atoms with Gasteiger partial charge in [0.05, 0.1) is 24.1 Å². The van der Waals surface area contributed by atoms with Crippen molar-refractivity contribution < 1.29 is 23.6 Å². The molecule has 1 heterocycles. The van der Waals surface area contributed by atoms with Crippen LogP contribution in [0.2, 0.25) is 0 Å². The standard InChI is InChI=1S/C22H29N3O5S2/c1-15-3-7-17(8-4-15)25(12-11-16-5-9-18(30-2)10-6-16)22(28)24-21-23-13-20(31-21)32(29)14-19(26)27/h5-6,9-10,13,15,17H,3-4,7-8,11-12,14H2,1-2H3,(H,26,27)(H,23,24,28). The maximum Gasteiger partial charge on any atom is 0.323 e. The van der Waals surface area contributed by atoms with E-state index in [0.717, 1.165) is 54.8 Å². The van der Waals surface area contributed by atoms with E-state index in [0.29, 0.717) is 21.8 Å². The van der Waals surface area contributed by atoms with Crippen LogP contribution in [0.25, 0.3) is 0 Å². The van der Waals surface area contributed by atoms with E-state index >= 15 is 0 Å². The number of benzene rings is 1. The molecule has 1 aromatic heterocycles. The van der Waals surface area contributed by atoms with Gasteiger partial charge in [0.25, 0.3) is 0 Å². The second-order valence-corrected chi connectivity index (χ2v) is 10.7. The highest BCUT2D eigenvalue weighted by molar-refractivity contribution is 7.88. The van der Waals surface area contributed by atoms with E-state index in [9.17, 15) is 13.8 Å². The summed E-state index contributed by atoms with van der Waals surface area (Å²) < 4.78 is 17.6. The number of anilines is 1. The summed E-state index contributed by atoms with van der Waals surface area (Å²) in [6.45, 7) is 2.81. The number of carboxylic acids is 1. The van der Waals surface area contributed by atoms with E-state index in [1.807, 2.05) is 29.2 Å². The third kappa shape index (κ3) is 6.77. The highest BCUT2D eigenvalue weighted by Crippen LogP contribution is 2.29. The first-order valence-electron chi connectivity index (χ1n) is 10.6. The zero-order valence-corrected chi connectivity index (χ0v) is 19.9. The van der Waals surface area contributed by atoms with E-state index in [2.05, 4.69) is 17.2 Å². The third-order valence-electron chi connectivity index (χ3n) is 5.66. The number of aromatic nitrogens is 1. The smallest absolute Gasteiger partial charge is 0.323 e. The molecular weight excluding hydrogens is 450 g/mol. The molecule has 0 radical (unpaired) electrons. The monoisotopic (exact) mass is 479 g/mol. The SMILES string of the molecule is COc1ccc(CCN(C(=O)Nc2ncc(S(=O)CC(=O)O)s2)C2CCC(C)CC2)cc1. The predicted molar refractivity (Wildman–Crippen MR) is 125 cm³/mol. The Bertz CT molecular complexity index is 939. The lowest BCUT2D eigenvalue weighted by atomic mass is 9.86. The van der Waals surface area contributed by atoms with Crippen LogP contribution in [-0.4, -0.2) is 56.6 Å². The number of nitrogens with zero attached hydrogens (tertiary/aromatic N) is 2. The van der Waals surface area contributed by atoms with Gasteiger partial charge in [-0.3, -0.25) is 14.3 Å². The Balaban J connectivity index is 1.67. The number of carbonyl (C=O) groups excluding carboxylic acids is 1. The zero-order valence-electron chi connectivity index (χ0n) is 18.3. The molecule has 2 aromatic rings. The number of thiazole rings is 1. The largest absolute Gasteiger partial charge is 0.497 e. The number of methoxy groups -OCH3 is 1. The van der Waals surface area contributed by atoms with E-state index in [4.69, 9.17) is 9.84 Å². The highest BCUT2D eigenvalue weighted by atomic mass is 32.2. The summed E-state index contributed by atoms with van der Waals surface area (Å²) in [5.41, 5.74) is 1.12. The Labute approximate surface area is 194 Å². The first-order chi connectivity index (χ1) is 15.4. The Hall–Kier alpha value is -2.46. The average Bonchev–Trinajstić information content (AvgIpc) is 3.24. The van der Waals surface area contributed by atoms with Crippen LogP contribution >= 0.6 is 11.3 Å². The molecule has 0 spiro atoms. The predicted octanol–water partition coefficient (Wildman–Crippen LogP) is 4.00. The van der Waals surface area contributed by atoms with Gasteiger partial charge in [-0.05, 0) is 55.7 Å². The average molecular weight is 480 g/mol. The number of nitrogens with one attached hydrogen (secondary N) is 1. The molecule has 1 unspecified atom stereocenters. The molecule has 0 saturated heterocycles. The topological polar surface area (TPSA) is 109 Å². The normalized spacial score (nSPS) is 19.2. The molecule has 10 heteroatoms. The second-order valence-electron chi connectivity index (χ2n) is 8.00. The van der Waals surface area contributed by atoms with Crippen LogP contribution in [0.3, 0.4) is 0 Å². The molecule has 1 aliphatic rings. The van der Waals surface area contributed by atoms with Crippen molar-refractivity contribution in [2.45, 2.75) is 49.3 Å². The molecule has 2 N–H and O–H groups in total. The van der Waals surface area contributed by atoms with Crippen molar-refractivity contribution in [3.63, 3.8) is 0 Å². The van der Waals surface area contributed by atoms with Gasteiger partial charge >= 0.3 is 12.0 Å². The Morgan fingerprint density at radius 3 is 2.56 bits per heavy atom. The van der Waals surface area contributed by atoms with Crippen molar-refractivity contribution in [2.75, 3.05) is 24.7 Å². The maximum absolute atomic E-state index is 13.2. The van der Waals surface area contributed by atoms with E-state index in [1.165, 1.54) is 6.20 Å². The first kappa shape index (κ1) is 24.2. The number of amides is 2. The van der Waals surface area contributed by atoms with Gasteiger partial charge in [-0.25, -0.2) is 9.78 Å². The molecule has 2 amide bonds. The summed E-state index contributed by atoms with van der Waals surface area (Å²) in [6.07, 6.45) is 6.18. The molecule has 1 aromatic carbocycles. The van der Waals surface area contributed by atoms with Crippen LogP contribution in [0.15, 0.2) is 34.7 Å². The highest BCUT2D eigenvalue weighted by Gasteiger charge is 2.28. The maximum atomic E-state index is 13.2. The number of rotatable bonds is 9. The van der Waals surface area contributed by atoms with Crippen LogP contribution in [0.1, 0.15) is 38.2 Å². The van der Waals surface area contributed by atoms with Crippen LogP contribution in [0, 0.1) is 5.92 Å². The first-order valence-corrected chi connectivity index (χ1v) is 12.8. The van der Waals surface area contributed by atoms with Crippen molar-refractivity contribution in [1.82, 2.24) is 9.88 Å². The van der Waals surface area contributed by atoms with Crippen molar-refractivity contribution >= 4 is 39.3 Å². The van der Waals surface area contributed by atoms with E-state index < -0.39 is 22.5 Å². The van der Waals surface area contributed by atoms with Crippen molar-refractivity contribution in [3.8, 4) is 5.75 Å². The summed E-state index contributed by atoms with van der Waals surface area (Å²) in [7, 11) is -0.0450. The molecule has 3 rings (SSSR count). The number of ether oxygens (including phenoxy) is 1. The molecular formula is C22H29N3O5S2. The van der Waals surface area contributed by atoms with Crippen LogP contribution in [0.4, 0.5) is 9.93 Å².